The van der Waals surface area contributed by atoms with Gasteiger partial charge in [0, 0.05) is 12.1 Å². The molecule has 2 fully saturated rings. The van der Waals surface area contributed by atoms with Crippen LogP contribution in [0.5, 0.6) is 0 Å². The van der Waals surface area contributed by atoms with E-state index in [0.717, 1.165) is 12.0 Å². The summed E-state index contributed by atoms with van der Waals surface area (Å²) < 4.78 is 0. The number of hydrogen-bond acceptors (Lipinski definition) is 2. The summed E-state index contributed by atoms with van der Waals surface area (Å²) in [5.74, 6) is 0.901. The van der Waals surface area contributed by atoms with Crippen molar-refractivity contribution in [3.05, 3.63) is 0 Å². The molecule has 0 unspecified atom stereocenters. The first-order chi connectivity index (χ1) is 6.86. The highest BCUT2D eigenvalue weighted by atomic mass is 16.3. The van der Waals surface area contributed by atoms with Crippen LogP contribution in [-0.2, 0) is 0 Å². The van der Waals surface area contributed by atoms with Gasteiger partial charge in [-0.25, -0.2) is 0 Å². The van der Waals surface area contributed by atoms with Crippen LogP contribution < -0.4 is 0 Å². The summed E-state index contributed by atoms with van der Waals surface area (Å²) in [5, 5.41) is 9.35. The van der Waals surface area contributed by atoms with Crippen molar-refractivity contribution >= 4 is 0 Å². The summed E-state index contributed by atoms with van der Waals surface area (Å²) in [5.41, 5.74) is 0. The molecule has 2 rings (SSSR count). The largest absolute Gasteiger partial charge is 0.395 e. The summed E-state index contributed by atoms with van der Waals surface area (Å²) in [7, 11) is 0. The minimum absolute atomic E-state index is 0.368. The Balaban J connectivity index is 2.05. The number of nitrogens with zero attached hydrogens (tertiary/aromatic N) is 1. The second-order valence-corrected chi connectivity index (χ2v) is 4.88. The lowest BCUT2D eigenvalue weighted by atomic mass is 9.79. The average molecular weight is 197 g/mol. The molecule has 0 aliphatic carbocycles. The van der Waals surface area contributed by atoms with Crippen LogP contribution in [0.1, 0.15) is 45.4 Å². The maximum Gasteiger partial charge on any atom is 0.0586 e. The van der Waals surface area contributed by atoms with Gasteiger partial charge in [-0.2, -0.15) is 0 Å². The Morgan fingerprint density at radius 3 is 2.79 bits per heavy atom. The molecule has 2 saturated heterocycles. The van der Waals surface area contributed by atoms with Crippen LogP contribution in [0.4, 0.5) is 0 Å². The van der Waals surface area contributed by atoms with Gasteiger partial charge in [-0.05, 0) is 38.1 Å². The molecular weight excluding hydrogens is 174 g/mol. The van der Waals surface area contributed by atoms with Gasteiger partial charge in [0.05, 0.1) is 6.61 Å². The van der Waals surface area contributed by atoms with E-state index in [9.17, 15) is 5.11 Å². The Morgan fingerprint density at radius 1 is 1.21 bits per heavy atom. The van der Waals surface area contributed by atoms with Gasteiger partial charge in [0.1, 0.15) is 0 Å². The van der Waals surface area contributed by atoms with Crippen molar-refractivity contribution < 1.29 is 5.11 Å². The van der Waals surface area contributed by atoms with E-state index in [1.54, 1.807) is 0 Å². The van der Waals surface area contributed by atoms with Crippen LogP contribution in [0, 0.1) is 5.92 Å². The van der Waals surface area contributed by atoms with Gasteiger partial charge in [-0.15, -0.1) is 0 Å². The van der Waals surface area contributed by atoms with E-state index in [1.165, 1.54) is 45.1 Å². The smallest absolute Gasteiger partial charge is 0.0586 e. The highest BCUT2D eigenvalue weighted by Gasteiger charge is 2.36. The summed E-state index contributed by atoms with van der Waals surface area (Å²) in [6.45, 7) is 3.91. The van der Waals surface area contributed by atoms with Crippen molar-refractivity contribution in [2.24, 2.45) is 5.92 Å². The Hall–Kier alpha value is -0.0800. The molecule has 14 heavy (non-hydrogen) atoms. The number of rotatable bonds is 2. The topological polar surface area (TPSA) is 23.5 Å². The van der Waals surface area contributed by atoms with Crippen LogP contribution in [0.15, 0.2) is 0 Å². The van der Waals surface area contributed by atoms with Crippen LogP contribution >= 0.6 is 0 Å². The predicted octanol–water partition coefficient (Wildman–Crippen LogP) is 2.02. The van der Waals surface area contributed by atoms with Gasteiger partial charge in [0.2, 0.25) is 0 Å². The monoisotopic (exact) mass is 197 g/mol. The Labute approximate surface area is 87.3 Å². The Morgan fingerprint density at radius 2 is 2.07 bits per heavy atom. The van der Waals surface area contributed by atoms with Gasteiger partial charge in [0.25, 0.3) is 0 Å². The SMILES string of the molecule is CC[C@@H]1CC[C@H](CO)N2CCCC[C@H]12. The molecule has 0 aromatic heterocycles. The number of aliphatic hydroxyl groups excluding tert-OH is 1. The van der Waals surface area contributed by atoms with Gasteiger partial charge in [-0.3, -0.25) is 4.90 Å². The first-order valence-corrected chi connectivity index (χ1v) is 6.23. The molecule has 2 nitrogen and oxygen atoms in total. The first kappa shape index (κ1) is 10.4. The molecule has 0 amide bonds. The second-order valence-electron chi connectivity index (χ2n) is 4.88. The zero-order valence-electron chi connectivity index (χ0n) is 9.28. The number of hydrogen-bond donors (Lipinski definition) is 1. The Kier molecular flexibility index (Phi) is 3.45. The summed E-state index contributed by atoms with van der Waals surface area (Å²) >= 11 is 0. The summed E-state index contributed by atoms with van der Waals surface area (Å²) in [6.07, 6.45) is 7.97. The summed E-state index contributed by atoms with van der Waals surface area (Å²) in [4.78, 5) is 2.60. The van der Waals surface area contributed by atoms with E-state index < -0.39 is 0 Å². The lowest BCUT2D eigenvalue weighted by molar-refractivity contribution is -0.0119. The fourth-order valence-electron chi connectivity index (χ4n) is 3.38. The third-order valence-corrected chi connectivity index (χ3v) is 4.21. The molecule has 0 saturated carbocycles. The van der Waals surface area contributed by atoms with E-state index in [-0.39, 0.29) is 0 Å². The molecule has 2 heteroatoms. The highest BCUT2D eigenvalue weighted by molar-refractivity contribution is 4.91. The van der Waals surface area contributed by atoms with Crippen molar-refractivity contribution in [3.63, 3.8) is 0 Å². The quantitative estimate of drug-likeness (QED) is 0.732. The van der Waals surface area contributed by atoms with E-state index >= 15 is 0 Å². The second kappa shape index (κ2) is 4.63. The number of piperidine rings is 2. The van der Waals surface area contributed by atoms with Crippen molar-refractivity contribution in [1.82, 2.24) is 4.90 Å². The lowest BCUT2D eigenvalue weighted by Gasteiger charge is -2.48. The number of aliphatic hydroxyl groups is 1. The minimum Gasteiger partial charge on any atom is -0.395 e. The maximum atomic E-state index is 9.35. The standard InChI is InChI=1S/C12H23NO/c1-2-10-6-7-11(9-14)13-8-4-3-5-12(10)13/h10-12,14H,2-9H2,1H3/t10-,11-,12-/m1/s1. The highest BCUT2D eigenvalue weighted by Crippen LogP contribution is 2.35. The van der Waals surface area contributed by atoms with Crippen molar-refractivity contribution in [1.29, 1.82) is 0 Å². The molecule has 0 spiro atoms. The van der Waals surface area contributed by atoms with Crippen LogP contribution in [-0.4, -0.2) is 35.2 Å². The van der Waals surface area contributed by atoms with Gasteiger partial charge in [-0.1, -0.05) is 19.8 Å². The molecule has 82 valence electrons. The van der Waals surface area contributed by atoms with Gasteiger partial charge < -0.3 is 5.11 Å². The fourth-order valence-corrected chi connectivity index (χ4v) is 3.38. The fraction of sp³-hybridized carbons (Fsp3) is 1.00. The molecule has 0 aromatic rings. The molecule has 0 bridgehead atoms. The Bertz CT molecular complexity index is 163. The van der Waals surface area contributed by atoms with Gasteiger partial charge in [0.15, 0.2) is 0 Å². The van der Waals surface area contributed by atoms with Crippen LogP contribution in [0.3, 0.4) is 0 Å². The van der Waals surface area contributed by atoms with E-state index in [4.69, 9.17) is 0 Å². The summed E-state index contributed by atoms with van der Waals surface area (Å²) in [6, 6.07) is 1.27. The zero-order chi connectivity index (χ0) is 9.97. The molecule has 0 radical (unpaired) electrons. The first-order valence-electron chi connectivity index (χ1n) is 6.23. The zero-order valence-corrected chi connectivity index (χ0v) is 9.28. The molecule has 0 aromatic carbocycles. The van der Waals surface area contributed by atoms with E-state index in [2.05, 4.69) is 11.8 Å². The van der Waals surface area contributed by atoms with Crippen LogP contribution in [0.25, 0.3) is 0 Å². The van der Waals surface area contributed by atoms with Crippen molar-refractivity contribution in [3.8, 4) is 0 Å². The molecule has 1 N–H and O–H groups in total. The maximum absolute atomic E-state index is 9.35. The van der Waals surface area contributed by atoms with E-state index in [1.807, 2.05) is 0 Å². The normalized spacial score (nSPS) is 39.4. The molecule has 3 atom stereocenters. The lowest BCUT2D eigenvalue weighted by Crippen LogP contribution is -2.54. The van der Waals surface area contributed by atoms with Crippen molar-refractivity contribution in [2.45, 2.75) is 57.5 Å². The van der Waals surface area contributed by atoms with E-state index in [0.29, 0.717) is 12.6 Å². The third kappa shape index (κ3) is 1.82. The molecule has 2 aliphatic heterocycles. The van der Waals surface area contributed by atoms with Crippen molar-refractivity contribution in [2.75, 3.05) is 13.2 Å². The molecule has 2 aliphatic rings. The average Bonchev–Trinajstić information content (AvgIpc) is 2.27. The van der Waals surface area contributed by atoms with Gasteiger partial charge >= 0.3 is 0 Å². The molecule has 2 heterocycles. The minimum atomic E-state index is 0.368. The van der Waals surface area contributed by atoms with Crippen LogP contribution in [0.2, 0.25) is 0 Å². The molecular formula is C12H23NO. The third-order valence-electron chi connectivity index (χ3n) is 4.21. The predicted molar refractivity (Wildman–Crippen MR) is 58.2 cm³/mol. The number of fused-ring (bicyclic) bond motifs is 1.